The molecule has 0 saturated carbocycles. The van der Waals surface area contributed by atoms with Gasteiger partial charge in [-0.15, -0.1) is 0 Å². The number of hydrogen-bond donors (Lipinski definition) is 0. The minimum atomic E-state index is 0.0752. The van der Waals surface area contributed by atoms with Crippen LogP contribution in [0, 0.1) is 0 Å². The molecule has 4 aromatic carbocycles. The Labute approximate surface area is 162 Å². The van der Waals surface area contributed by atoms with Crippen molar-refractivity contribution >= 4 is 25.0 Å². The van der Waals surface area contributed by atoms with E-state index in [-0.39, 0.29) is 5.78 Å². The molecule has 1 nitrogen and oxygen atoms in total. The molecule has 1 radical (unpaired) electrons. The van der Waals surface area contributed by atoms with Gasteiger partial charge in [0.15, 0.2) is 5.78 Å². The lowest BCUT2D eigenvalue weighted by molar-refractivity contribution is 0.103. The summed E-state index contributed by atoms with van der Waals surface area (Å²) in [7, 11) is 1.28. The molecule has 0 spiro atoms. The van der Waals surface area contributed by atoms with Crippen LogP contribution in [0.3, 0.4) is 0 Å². The first-order valence-electron chi connectivity index (χ1n) is 8.79. The summed E-state index contributed by atoms with van der Waals surface area (Å²) in [6, 6.07) is 39.6. The predicted molar refractivity (Wildman–Crippen MR) is 115 cm³/mol. The quantitative estimate of drug-likeness (QED) is 0.344. The van der Waals surface area contributed by atoms with Gasteiger partial charge in [0, 0.05) is 11.1 Å². The second-order valence-corrected chi connectivity index (χ2v) is 7.10. The zero-order chi connectivity index (χ0) is 18.7. The summed E-state index contributed by atoms with van der Waals surface area (Å²) in [6.45, 7) is 0. The molecular formula is C25H20OP. The fourth-order valence-electron chi connectivity index (χ4n) is 2.50. The first kappa shape index (κ1) is 18.8. The maximum Gasteiger partial charge on any atom is 0.193 e. The molecule has 0 atom stereocenters. The van der Waals surface area contributed by atoms with E-state index in [2.05, 4.69) is 48.5 Å². The second-order valence-electron chi connectivity index (χ2n) is 5.84. The van der Waals surface area contributed by atoms with Crippen molar-refractivity contribution in [3.8, 4) is 0 Å². The first-order chi connectivity index (χ1) is 13.3. The molecule has 0 bridgehead atoms. The van der Waals surface area contributed by atoms with Gasteiger partial charge in [-0.25, -0.2) is 0 Å². The summed E-state index contributed by atoms with van der Waals surface area (Å²) in [4.78, 5) is 11.8. The Morgan fingerprint density at radius 3 is 1.07 bits per heavy atom. The Morgan fingerprint density at radius 2 is 0.741 bits per heavy atom. The largest absolute Gasteiger partial charge is 0.289 e. The Kier molecular flexibility index (Phi) is 7.09. The van der Waals surface area contributed by atoms with Crippen LogP contribution in [0.1, 0.15) is 15.9 Å². The van der Waals surface area contributed by atoms with E-state index < -0.39 is 0 Å². The lowest BCUT2D eigenvalue weighted by Gasteiger charge is -1.99. The minimum Gasteiger partial charge on any atom is -0.289 e. The van der Waals surface area contributed by atoms with E-state index in [4.69, 9.17) is 0 Å². The summed E-state index contributed by atoms with van der Waals surface area (Å²) in [5.41, 5.74) is 1.47. The molecule has 27 heavy (non-hydrogen) atoms. The molecule has 2 heteroatoms. The van der Waals surface area contributed by atoms with E-state index in [1.807, 2.05) is 72.8 Å². The number of ketones is 1. The summed E-state index contributed by atoms with van der Waals surface area (Å²) >= 11 is 0. The molecule has 0 N–H and O–H groups in total. The fourth-order valence-corrected chi connectivity index (χ4v) is 3.44. The van der Waals surface area contributed by atoms with Crippen LogP contribution in [0.5, 0.6) is 0 Å². The van der Waals surface area contributed by atoms with Gasteiger partial charge in [0.2, 0.25) is 0 Å². The Bertz CT molecular complexity index is 857. The average Bonchev–Trinajstić information content (AvgIpc) is 2.76. The van der Waals surface area contributed by atoms with Crippen LogP contribution in [0.2, 0.25) is 0 Å². The molecule has 131 valence electrons. The topological polar surface area (TPSA) is 17.1 Å². The molecule has 0 aliphatic carbocycles. The van der Waals surface area contributed by atoms with Gasteiger partial charge in [0.05, 0.1) is 0 Å². The summed E-state index contributed by atoms with van der Waals surface area (Å²) in [5.74, 6) is 0.0752. The molecule has 0 aromatic heterocycles. The zero-order valence-corrected chi connectivity index (χ0v) is 15.8. The van der Waals surface area contributed by atoms with Crippen LogP contribution >= 0.6 is 8.58 Å². The van der Waals surface area contributed by atoms with Crippen molar-refractivity contribution in [2.24, 2.45) is 0 Å². The van der Waals surface area contributed by atoms with Gasteiger partial charge in [0.1, 0.15) is 0 Å². The third kappa shape index (κ3) is 6.02. The van der Waals surface area contributed by atoms with E-state index in [1.165, 1.54) is 19.2 Å². The summed E-state index contributed by atoms with van der Waals surface area (Å²) in [5, 5.41) is 2.68. The van der Waals surface area contributed by atoms with Gasteiger partial charge < -0.3 is 0 Å². The number of carbonyl (C=O) groups is 1. The van der Waals surface area contributed by atoms with Crippen LogP contribution in [0.15, 0.2) is 121 Å². The van der Waals surface area contributed by atoms with E-state index >= 15 is 0 Å². The highest BCUT2D eigenvalue weighted by Gasteiger charge is 2.06. The Balaban J connectivity index is 0.000000156. The lowest BCUT2D eigenvalue weighted by atomic mass is 10.0. The maximum atomic E-state index is 11.8. The first-order valence-corrected chi connectivity index (χ1v) is 9.69. The third-order valence-electron chi connectivity index (χ3n) is 3.84. The Hall–Kier alpha value is -3.02. The zero-order valence-electron chi connectivity index (χ0n) is 14.9. The highest BCUT2D eigenvalue weighted by atomic mass is 31.1. The van der Waals surface area contributed by atoms with Crippen molar-refractivity contribution in [1.82, 2.24) is 0 Å². The highest BCUT2D eigenvalue weighted by Crippen LogP contribution is 2.09. The molecule has 0 aliphatic rings. The molecule has 0 amide bonds. The predicted octanol–water partition coefficient (Wildman–Crippen LogP) is 5.50. The average molecular weight is 367 g/mol. The van der Waals surface area contributed by atoms with Crippen LogP contribution in [0.25, 0.3) is 0 Å². The molecule has 0 heterocycles. The van der Waals surface area contributed by atoms with Crippen LogP contribution in [-0.4, -0.2) is 5.78 Å². The van der Waals surface area contributed by atoms with Crippen molar-refractivity contribution in [3.63, 3.8) is 0 Å². The molecule has 4 rings (SSSR count). The van der Waals surface area contributed by atoms with Gasteiger partial charge >= 0.3 is 0 Å². The third-order valence-corrected chi connectivity index (χ3v) is 4.96. The number of benzene rings is 4. The molecule has 0 fully saturated rings. The van der Waals surface area contributed by atoms with Crippen LogP contribution < -0.4 is 10.6 Å². The monoisotopic (exact) mass is 367 g/mol. The summed E-state index contributed by atoms with van der Waals surface area (Å²) < 4.78 is 0. The van der Waals surface area contributed by atoms with Gasteiger partial charge in [-0.1, -0.05) is 121 Å². The van der Waals surface area contributed by atoms with Gasteiger partial charge in [-0.05, 0) is 19.2 Å². The van der Waals surface area contributed by atoms with E-state index in [0.717, 1.165) is 11.1 Å². The van der Waals surface area contributed by atoms with Gasteiger partial charge in [-0.2, -0.15) is 0 Å². The molecule has 0 saturated heterocycles. The maximum absolute atomic E-state index is 11.8. The van der Waals surface area contributed by atoms with E-state index in [1.54, 1.807) is 0 Å². The molecule has 0 aliphatic heterocycles. The fraction of sp³-hybridized carbons (Fsp3) is 0. The van der Waals surface area contributed by atoms with Crippen molar-refractivity contribution < 1.29 is 4.79 Å². The van der Waals surface area contributed by atoms with Crippen molar-refractivity contribution in [1.29, 1.82) is 0 Å². The smallest absolute Gasteiger partial charge is 0.193 e. The number of carbonyl (C=O) groups excluding carboxylic acids is 1. The lowest BCUT2D eigenvalue weighted by Crippen LogP contribution is -2.01. The van der Waals surface area contributed by atoms with Gasteiger partial charge in [0.25, 0.3) is 0 Å². The van der Waals surface area contributed by atoms with Crippen molar-refractivity contribution in [2.75, 3.05) is 0 Å². The SMILES string of the molecule is O=C(c1ccccc1)c1ccccc1.c1ccc([P]c2ccccc2)cc1. The summed E-state index contributed by atoms with van der Waals surface area (Å²) in [6.07, 6.45) is 0. The molecular weight excluding hydrogens is 347 g/mol. The Morgan fingerprint density at radius 1 is 0.444 bits per heavy atom. The number of rotatable bonds is 4. The van der Waals surface area contributed by atoms with Gasteiger partial charge in [-0.3, -0.25) is 4.79 Å². The van der Waals surface area contributed by atoms with E-state index in [9.17, 15) is 4.79 Å². The van der Waals surface area contributed by atoms with Crippen LogP contribution in [-0.2, 0) is 0 Å². The van der Waals surface area contributed by atoms with Crippen LogP contribution in [0.4, 0.5) is 0 Å². The normalized spacial score (nSPS) is 9.78. The van der Waals surface area contributed by atoms with E-state index in [0.29, 0.717) is 0 Å². The molecule has 0 unspecified atom stereocenters. The molecule has 4 aromatic rings. The standard InChI is InChI=1S/C13H10O.C12H10P/c14-13(11-7-3-1-4-8-11)12-9-5-2-6-10-12;1-3-7-11(8-4-1)13-12-9-5-2-6-10-12/h1-10H;1-10H. The second kappa shape index (κ2) is 10.2. The number of hydrogen-bond acceptors (Lipinski definition) is 1. The highest BCUT2D eigenvalue weighted by molar-refractivity contribution is 7.55. The minimum absolute atomic E-state index is 0.0752. The van der Waals surface area contributed by atoms with Crippen molar-refractivity contribution in [3.05, 3.63) is 132 Å². The van der Waals surface area contributed by atoms with Crippen molar-refractivity contribution in [2.45, 2.75) is 0 Å².